The number of likely N-dealkylation sites (tertiary alicyclic amines) is 1. The van der Waals surface area contributed by atoms with E-state index in [1.165, 1.54) is 0 Å². The Balaban J connectivity index is 1.77. The van der Waals surface area contributed by atoms with Crippen molar-refractivity contribution in [1.29, 1.82) is 0 Å². The number of amides is 2. The van der Waals surface area contributed by atoms with Crippen molar-refractivity contribution >= 4 is 27.7 Å². The van der Waals surface area contributed by atoms with Gasteiger partial charge in [0.2, 0.25) is 11.8 Å². The van der Waals surface area contributed by atoms with Gasteiger partial charge >= 0.3 is 0 Å². The van der Waals surface area contributed by atoms with Crippen LogP contribution in [0.5, 0.6) is 0 Å². The molecule has 0 bridgehead atoms. The fraction of sp³-hybridized carbons (Fsp3) is 0.579. The Morgan fingerprint density at radius 2 is 1.75 bits per heavy atom. The van der Waals surface area contributed by atoms with Crippen molar-refractivity contribution in [2.45, 2.75) is 52.0 Å². The first-order chi connectivity index (χ1) is 11.5. The fourth-order valence-corrected chi connectivity index (χ4v) is 3.47. The SMILES string of the molecule is CCC(CC)C(=O)N1CCC(NC(=O)Cc2ccc(Br)cc2)CC1. The van der Waals surface area contributed by atoms with Crippen LogP contribution in [0.4, 0.5) is 0 Å². The van der Waals surface area contributed by atoms with Gasteiger partial charge in [0.15, 0.2) is 0 Å². The van der Waals surface area contributed by atoms with Gasteiger partial charge in [0.25, 0.3) is 0 Å². The second-order valence-electron chi connectivity index (χ2n) is 6.48. The zero-order valence-corrected chi connectivity index (χ0v) is 16.1. The van der Waals surface area contributed by atoms with Crippen LogP contribution < -0.4 is 5.32 Å². The van der Waals surface area contributed by atoms with E-state index in [-0.39, 0.29) is 23.8 Å². The highest BCUT2D eigenvalue weighted by Gasteiger charge is 2.27. The molecule has 1 fully saturated rings. The number of nitrogens with zero attached hydrogens (tertiary/aromatic N) is 1. The van der Waals surface area contributed by atoms with E-state index in [0.717, 1.165) is 48.8 Å². The molecule has 1 aromatic rings. The molecule has 1 aromatic carbocycles. The van der Waals surface area contributed by atoms with Crippen LogP contribution in [0.15, 0.2) is 28.7 Å². The maximum Gasteiger partial charge on any atom is 0.225 e. The number of rotatable bonds is 6. The summed E-state index contributed by atoms with van der Waals surface area (Å²) >= 11 is 3.40. The summed E-state index contributed by atoms with van der Waals surface area (Å²) in [6, 6.07) is 8.00. The van der Waals surface area contributed by atoms with Crippen LogP contribution >= 0.6 is 15.9 Å². The van der Waals surface area contributed by atoms with Crippen LogP contribution in [-0.2, 0) is 16.0 Å². The fourth-order valence-electron chi connectivity index (χ4n) is 3.21. The first kappa shape index (κ1) is 19.0. The predicted molar refractivity (Wildman–Crippen MR) is 99.7 cm³/mol. The summed E-state index contributed by atoms with van der Waals surface area (Å²) in [7, 11) is 0. The minimum Gasteiger partial charge on any atom is -0.353 e. The van der Waals surface area contributed by atoms with Crippen molar-refractivity contribution in [3.05, 3.63) is 34.3 Å². The molecular formula is C19H27BrN2O2. The molecule has 2 rings (SSSR count). The monoisotopic (exact) mass is 394 g/mol. The molecule has 1 aliphatic heterocycles. The Morgan fingerprint density at radius 3 is 2.29 bits per heavy atom. The zero-order chi connectivity index (χ0) is 17.5. The third-order valence-electron chi connectivity index (χ3n) is 4.78. The maximum atomic E-state index is 12.4. The van der Waals surface area contributed by atoms with Crippen LogP contribution in [-0.4, -0.2) is 35.8 Å². The number of carbonyl (C=O) groups excluding carboxylic acids is 2. The standard InChI is InChI=1S/C19H27BrN2O2/c1-3-15(4-2)19(24)22-11-9-17(10-12-22)21-18(23)13-14-5-7-16(20)8-6-14/h5-8,15,17H,3-4,9-13H2,1-2H3,(H,21,23). The third kappa shape index (κ3) is 5.33. The topological polar surface area (TPSA) is 49.4 Å². The summed E-state index contributed by atoms with van der Waals surface area (Å²) in [6.07, 6.45) is 3.90. The molecule has 2 amide bonds. The van der Waals surface area contributed by atoms with E-state index in [9.17, 15) is 9.59 Å². The van der Waals surface area contributed by atoms with Crippen molar-refractivity contribution in [2.75, 3.05) is 13.1 Å². The lowest BCUT2D eigenvalue weighted by Gasteiger charge is -2.34. The number of hydrogen-bond acceptors (Lipinski definition) is 2. The molecular weight excluding hydrogens is 368 g/mol. The van der Waals surface area contributed by atoms with Gasteiger partial charge in [-0.05, 0) is 43.4 Å². The number of nitrogens with one attached hydrogen (secondary N) is 1. The molecule has 1 aliphatic rings. The highest BCUT2D eigenvalue weighted by Crippen LogP contribution is 2.17. The van der Waals surface area contributed by atoms with E-state index >= 15 is 0 Å². The van der Waals surface area contributed by atoms with Crippen LogP contribution in [0.3, 0.4) is 0 Å². The van der Waals surface area contributed by atoms with Gasteiger partial charge in [-0.2, -0.15) is 0 Å². The van der Waals surface area contributed by atoms with E-state index in [1.807, 2.05) is 29.2 Å². The lowest BCUT2D eigenvalue weighted by molar-refractivity contribution is -0.137. The van der Waals surface area contributed by atoms with E-state index in [2.05, 4.69) is 35.1 Å². The quantitative estimate of drug-likeness (QED) is 0.801. The highest BCUT2D eigenvalue weighted by molar-refractivity contribution is 9.10. The Labute approximate surface area is 153 Å². The molecule has 0 aromatic heterocycles. The van der Waals surface area contributed by atoms with Gasteiger partial charge in [0.05, 0.1) is 6.42 Å². The normalized spacial score (nSPS) is 15.6. The van der Waals surface area contributed by atoms with E-state index in [4.69, 9.17) is 0 Å². The van der Waals surface area contributed by atoms with Gasteiger partial charge in [0, 0.05) is 29.5 Å². The molecule has 0 unspecified atom stereocenters. The molecule has 5 heteroatoms. The largest absolute Gasteiger partial charge is 0.353 e. The van der Waals surface area contributed by atoms with Gasteiger partial charge in [-0.25, -0.2) is 0 Å². The summed E-state index contributed by atoms with van der Waals surface area (Å²) in [5.74, 6) is 0.482. The average Bonchev–Trinajstić information content (AvgIpc) is 2.58. The summed E-state index contributed by atoms with van der Waals surface area (Å²) < 4.78 is 1.01. The molecule has 0 spiro atoms. The number of hydrogen-bond donors (Lipinski definition) is 1. The van der Waals surface area contributed by atoms with Crippen molar-refractivity contribution in [1.82, 2.24) is 10.2 Å². The molecule has 0 saturated carbocycles. The Morgan fingerprint density at radius 1 is 1.17 bits per heavy atom. The second kappa shape index (κ2) is 9.21. The van der Waals surface area contributed by atoms with Gasteiger partial charge in [-0.15, -0.1) is 0 Å². The first-order valence-electron chi connectivity index (χ1n) is 8.86. The molecule has 1 heterocycles. The molecule has 1 saturated heterocycles. The van der Waals surface area contributed by atoms with Crippen molar-refractivity contribution in [2.24, 2.45) is 5.92 Å². The first-order valence-corrected chi connectivity index (χ1v) is 9.65. The maximum absolute atomic E-state index is 12.4. The summed E-state index contributed by atoms with van der Waals surface area (Å²) in [4.78, 5) is 26.5. The molecule has 0 atom stereocenters. The van der Waals surface area contributed by atoms with Crippen molar-refractivity contribution in [3.63, 3.8) is 0 Å². The van der Waals surface area contributed by atoms with Crippen molar-refractivity contribution in [3.8, 4) is 0 Å². The number of piperidine rings is 1. The second-order valence-corrected chi connectivity index (χ2v) is 7.40. The Hall–Kier alpha value is -1.36. The summed E-state index contributed by atoms with van der Waals surface area (Å²) in [5.41, 5.74) is 1.01. The lowest BCUT2D eigenvalue weighted by atomic mass is 9.98. The average molecular weight is 395 g/mol. The van der Waals surface area contributed by atoms with Gasteiger partial charge in [-0.1, -0.05) is 41.9 Å². The van der Waals surface area contributed by atoms with Crippen molar-refractivity contribution < 1.29 is 9.59 Å². The van der Waals surface area contributed by atoms with Crippen LogP contribution in [0.2, 0.25) is 0 Å². The predicted octanol–water partition coefficient (Wildman–Crippen LogP) is 3.54. The number of halogens is 1. The molecule has 0 radical (unpaired) electrons. The third-order valence-corrected chi connectivity index (χ3v) is 5.31. The van der Waals surface area contributed by atoms with E-state index < -0.39 is 0 Å². The molecule has 0 aliphatic carbocycles. The highest BCUT2D eigenvalue weighted by atomic mass is 79.9. The van der Waals surface area contributed by atoms with Gasteiger partial charge in [0.1, 0.15) is 0 Å². The van der Waals surface area contributed by atoms with Gasteiger partial charge in [-0.3, -0.25) is 9.59 Å². The van der Waals surface area contributed by atoms with E-state index in [1.54, 1.807) is 0 Å². The molecule has 4 nitrogen and oxygen atoms in total. The van der Waals surface area contributed by atoms with Crippen LogP contribution in [0.25, 0.3) is 0 Å². The summed E-state index contributed by atoms with van der Waals surface area (Å²) in [6.45, 7) is 5.64. The smallest absolute Gasteiger partial charge is 0.225 e. The minimum atomic E-state index is 0.0575. The summed E-state index contributed by atoms with van der Waals surface area (Å²) in [5, 5.41) is 3.11. The zero-order valence-electron chi connectivity index (χ0n) is 14.6. The van der Waals surface area contributed by atoms with Gasteiger partial charge < -0.3 is 10.2 Å². The minimum absolute atomic E-state index is 0.0575. The van der Waals surface area contributed by atoms with Crippen LogP contribution in [0.1, 0.15) is 45.1 Å². The Bertz CT molecular complexity index is 547. The molecule has 24 heavy (non-hydrogen) atoms. The number of carbonyl (C=O) groups is 2. The van der Waals surface area contributed by atoms with E-state index in [0.29, 0.717) is 6.42 Å². The molecule has 1 N–H and O–H groups in total. The lowest BCUT2D eigenvalue weighted by Crippen LogP contribution is -2.48. The van der Waals surface area contributed by atoms with Crippen LogP contribution in [0, 0.1) is 5.92 Å². The Kier molecular flexibility index (Phi) is 7.28. The number of benzene rings is 1. The molecule has 132 valence electrons.